The lowest BCUT2D eigenvalue weighted by Gasteiger charge is -2.17. The van der Waals surface area contributed by atoms with E-state index in [1.165, 1.54) is 5.56 Å². The molecule has 0 aliphatic rings. The lowest BCUT2D eigenvalue weighted by atomic mass is 10.2. The van der Waals surface area contributed by atoms with Gasteiger partial charge in [-0.15, -0.1) is 0 Å². The van der Waals surface area contributed by atoms with Gasteiger partial charge in [0, 0.05) is 5.02 Å². The molecule has 0 fully saturated rings. The summed E-state index contributed by atoms with van der Waals surface area (Å²) in [7, 11) is 0. The third-order valence-electron chi connectivity index (χ3n) is 5.06. The molecule has 4 nitrogen and oxygen atoms in total. The first-order valence-electron chi connectivity index (χ1n) is 10.1. The average molecular weight is 421 g/mol. The Hall–Kier alpha value is -2.98. The van der Waals surface area contributed by atoms with Crippen LogP contribution in [0.1, 0.15) is 30.0 Å². The summed E-state index contributed by atoms with van der Waals surface area (Å²) in [6.07, 6.45) is -0.197. The molecule has 1 unspecified atom stereocenters. The number of fused-ring (bicyclic) bond motifs is 1. The van der Waals surface area contributed by atoms with Crippen LogP contribution in [0.5, 0.6) is 11.5 Å². The molecule has 4 rings (SSSR count). The molecule has 0 saturated heterocycles. The van der Waals surface area contributed by atoms with Crippen LogP contribution in [0, 0.1) is 13.8 Å². The Kier molecular flexibility index (Phi) is 5.96. The molecule has 1 aromatic heterocycles. The van der Waals surface area contributed by atoms with Gasteiger partial charge in [0.05, 0.1) is 17.6 Å². The Morgan fingerprint density at radius 3 is 2.60 bits per heavy atom. The second-order valence-electron chi connectivity index (χ2n) is 7.45. The maximum absolute atomic E-state index is 6.21. The molecule has 0 spiro atoms. The Bertz CT molecular complexity index is 1170. The molecule has 154 valence electrons. The minimum Gasteiger partial charge on any atom is -0.492 e. The van der Waals surface area contributed by atoms with E-state index < -0.39 is 0 Å². The van der Waals surface area contributed by atoms with Crippen molar-refractivity contribution >= 4 is 22.6 Å². The highest BCUT2D eigenvalue weighted by molar-refractivity contribution is 6.31. The second-order valence-corrected chi connectivity index (χ2v) is 7.85. The van der Waals surface area contributed by atoms with Crippen LogP contribution < -0.4 is 9.47 Å². The first kappa shape index (κ1) is 20.3. The summed E-state index contributed by atoms with van der Waals surface area (Å²) in [6.45, 7) is 7.25. The van der Waals surface area contributed by atoms with Crippen molar-refractivity contribution in [1.29, 1.82) is 0 Å². The van der Waals surface area contributed by atoms with Crippen molar-refractivity contribution < 1.29 is 9.47 Å². The lowest BCUT2D eigenvalue weighted by Crippen LogP contribution is -2.15. The first-order valence-corrected chi connectivity index (χ1v) is 10.5. The number of aryl methyl sites for hydroxylation is 2. The van der Waals surface area contributed by atoms with Crippen LogP contribution in [-0.2, 0) is 6.54 Å². The zero-order valence-corrected chi connectivity index (χ0v) is 18.2. The predicted molar refractivity (Wildman–Crippen MR) is 122 cm³/mol. The number of para-hydroxylation sites is 2. The van der Waals surface area contributed by atoms with E-state index in [-0.39, 0.29) is 6.10 Å². The normalized spacial score (nSPS) is 12.1. The van der Waals surface area contributed by atoms with Crippen LogP contribution >= 0.6 is 11.6 Å². The van der Waals surface area contributed by atoms with Crippen LogP contribution in [0.25, 0.3) is 11.0 Å². The van der Waals surface area contributed by atoms with E-state index in [4.69, 9.17) is 26.1 Å². The molecule has 4 aromatic rings. The van der Waals surface area contributed by atoms with Crippen molar-refractivity contribution in [3.8, 4) is 11.5 Å². The van der Waals surface area contributed by atoms with Gasteiger partial charge in [-0.25, -0.2) is 4.98 Å². The summed E-state index contributed by atoms with van der Waals surface area (Å²) >= 11 is 6.11. The maximum atomic E-state index is 6.21. The van der Waals surface area contributed by atoms with Crippen molar-refractivity contribution in [2.24, 2.45) is 0 Å². The molecule has 5 heteroatoms. The highest BCUT2D eigenvalue weighted by Gasteiger charge is 2.18. The van der Waals surface area contributed by atoms with Crippen molar-refractivity contribution in [2.45, 2.75) is 33.4 Å². The molecule has 1 heterocycles. The summed E-state index contributed by atoms with van der Waals surface area (Å²) in [5.74, 6) is 2.54. The fourth-order valence-electron chi connectivity index (χ4n) is 3.55. The third kappa shape index (κ3) is 4.44. The van der Waals surface area contributed by atoms with Gasteiger partial charge in [-0.05, 0) is 74.4 Å². The largest absolute Gasteiger partial charge is 0.492 e. The van der Waals surface area contributed by atoms with E-state index in [9.17, 15) is 0 Å². The van der Waals surface area contributed by atoms with Gasteiger partial charge in [0.15, 0.2) is 11.9 Å². The Labute approximate surface area is 182 Å². The zero-order valence-electron chi connectivity index (χ0n) is 17.4. The highest BCUT2D eigenvalue weighted by Crippen LogP contribution is 2.26. The van der Waals surface area contributed by atoms with E-state index in [0.29, 0.717) is 13.2 Å². The number of hydrogen-bond donors (Lipinski definition) is 0. The first-order chi connectivity index (χ1) is 14.5. The van der Waals surface area contributed by atoms with Gasteiger partial charge in [-0.2, -0.15) is 0 Å². The van der Waals surface area contributed by atoms with E-state index in [1.54, 1.807) is 0 Å². The van der Waals surface area contributed by atoms with E-state index in [2.05, 4.69) is 23.6 Å². The Morgan fingerprint density at radius 2 is 1.80 bits per heavy atom. The summed E-state index contributed by atoms with van der Waals surface area (Å²) < 4.78 is 14.4. The van der Waals surface area contributed by atoms with Gasteiger partial charge in [0.1, 0.15) is 18.1 Å². The standard InChI is InChI=1S/C25H25ClN2O2/c1-17-7-6-8-21(15-17)30-19(3)25-27-23-9-4-5-10-24(23)28(25)13-14-29-20-11-12-22(26)18(2)16-20/h4-12,15-16,19H,13-14H2,1-3H3. The molecule has 3 aromatic carbocycles. The van der Waals surface area contributed by atoms with Gasteiger partial charge in [0.25, 0.3) is 0 Å². The molecule has 0 aliphatic heterocycles. The Morgan fingerprint density at radius 1 is 0.967 bits per heavy atom. The maximum Gasteiger partial charge on any atom is 0.153 e. The van der Waals surface area contributed by atoms with Crippen molar-refractivity contribution in [2.75, 3.05) is 6.61 Å². The molecule has 30 heavy (non-hydrogen) atoms. The molecule has 0 bridgehead atoms. The summed E-state index contributed by atoms with van der Waals surface area (Å²) in [5.41, 5.74) is 4.19. The van der Waals surface area contributed by atoms with Crippen LogP contribution in [0.3, 0.4) is 0 Å². The second kappa shape index (κ2) is 8.80. The molecular formula is C25H25ClN2O2. The molecular weight excluding hydrogens is 396 g/mol. The van der Waals surface area contributed by atoms with Crippen LogP contribution in [0.4, 0.5) is 0 Å². The predicted octanol–water partition coefficient (Wildman–Crippen LogP) is 6.53. The molecule has 0 saturated carbocycles. The third-order valence-corrected chi connectivity index (χ3v) is 5.49. The molecule has 0 amide bonds. The number of benzene rings is 3. The smallest absolute Gasteiger partial charge is 0.153 e. The molecule has 0 N–H and O–H groups in total. The number of hydrogen-bond acceptors (Lipinski definition) is 3. The minimum absolute atomic E-state index is 0.197. The van der Waals surface area contributed by atoms with Crippen molar-refractivity contribution in [3.05, 3.63) is 88.7 Å². The number of imidazole rings is 1. The van der Waals surface area contributed by atoms with Gasteiger partial charge >= 0.3 is 0 Å². The van der Waals surface area contributed by atoms with Crippen molar-refractivity contribution in [1.82, 2.24) is 9.55 Å². The summed E-state index contributed by atoms with van der Waals surface area (Å²) in [4.78, 5) is 4.85. The van der Waals surface area contributed by atoms with E-state index in [0.717, 1.165) is 38.9 Å². The van der Waals surface area contributed by atoms with Gasteiger partial charge < -0.3 is 14.0 Å². The van der Waals surface area contributed by atoms with Crippen molar-refractivity contribution in [3.63, 3.8) is 0 Å². The van der Waals surface area contributed by atoms with E-state index in [1.807, 2.05) is 68.4 Å². The van der Waals surface area contributed by atoms with Gasteiger partial charge in [-0.3, -0.25) is 0 Å². The number of aromatic nitrogens is 2. The number of rotatable bonds is 7. The summed E-state index contributed by atoms with van der Waals surface area (Å²) in [5, 5.41) is 0.743. The minimum atomic E-state index is -0.197. The highest BCUT2D eigenvalue weighted by atomic mass is 35.5. The van der Waals surface area contributed by atoms with Crippen LogP contribution in [0.15, 0.2) is 66.7 Å². The SMILES string of the molecule is Cc1cccc(OC(C)c2nc3ccccc3n2CCOc2ccc(Cl)c(C)c2)c1. The molecule has 0 radical (unpaired) electrons. The Balaban J connectivity index is 1.55. The monoisotopic (exact) mass is 420 g/mol. The van der Waals surface area contributed by atoms with Gasteiger partial charge in [0.2, 0.25) is 0 Å². The zero-order chi connectivity index (χ0) is 21.1. The molecule has 0 aliphatic carbocycles. The lowest BCUT2D eigenvalue weighted by molar-refractivity contribution is 0.207. The topological polar surface area (TPSA) is 36.3 Å². The quantitative estimate of drug-likeness (QED) is 0.341. The number of halogens is 1. The molecule has 1 atom stereocenters. The van der Waals surface area contributed by atoms with Crippen LogP contribution in [0.2, 0.25) is 5.02 Å². The number of nitrogens with zero attached hydrogens (tertiary/aromatic N) is 2. The summed E-state index contributed by atoms with van der Waals surface area (Å²) in [6, 6.07) is 21.9. The van der Waals surface area contributed by atoms with Gasteiger partial charge in [-0.1, -0.05) is 35.9 Å². The van der Waals surface area contributed by atoms with E-state index >= 15 is 0 Å². The fraction of sp³-hybridized carbons (Fsp3) is 0.240. The van der Waals surface area contributed by atoms with Crippen LogP contribution in [-0.4, -0.2) is 16.2 Å². The average Bonchev–Trinajstić information content (AvgIpc) is 3.10. The fourth-order valence-corrected chi connectivity index (χ4v) is 3.66. The number of ether oxygens (including phenoxy) is 2.